The van der Waals surface area contributed by atoms with Crippen LogP contribution in [0.15, 0.2) is 22.9 Å². The number of allylic oxidation sites excluding steroid dienone is 4. The fourth-order valence-electron chi connectivity index (χ4n) is 1.67. The second kappa shape index (κ2) is 3.83. The summed E-state index contributed by atoms with van der Waals surface area (Å²) in [5, 5.41) is 1.66. The van der Waals surface area contributed by atoms with Crippen molar-refractivity contribution < 1.29 is 0 Å². The summed E-state index contributed by atoms with van der Waals surface area (Å²) in [4.78, 5) is 0. The summed E-state index contributed by atoms with van der Waals surface area (Å²) >= 11 is 0. The third-order valence-corrected chi connectivity index (χ3v) is 5.09. The monoisotopic (exact) mass is 194 g/mol. The van der Waals surface area contributed by atoms with Crippen LogP contribution >= 0.6 is 0 Å². The van der Waals surface area contributed by atoms with Crippen LogP contribution in [0.2, 0.25) is 19.6 Å². The lowest BCUT2D eigenvalue weighted by Crippen LogP contribution is -2.21. The highest BCUT2D eigenvalue weighted by molar-refractivity contribution is 6.83. The van der Waals surface area contributed by atoms with Gasteiger partial charge in [0.1, 0.15) is 0 Å². The van der Waals surface area contributed by atoms with E-state index in [4.69, 9.17) is 0 Å². The third-order valence-electron chi connectivity index (χ3n) is 3.01. The van der Waals surface area contributed by atoms with Gasteiger partial charge in [0.25, 0.3) is 0 Å². The van der Waals surface area contributed by atoms with Gasteiger partial charge in [-0.3, -0.25) is 0 Å². The minimum absolute atomic E-state index is 0.782. The van der Waals surface area contributed by atoms with Crippen molar-refractivity contribution in [2.75, 3.05) is 0 Å². The predicted octanol–water partition coefficient (Wildman–Crippen LogP) is 4.17. The van der Waals surface area contributed by atoms with E-state index in [9.17, 15) is 0 Å². The van der Waals surface area contributed by atoms with Gasteiger partial charge >= 0.3 is 0 Å². The average molecular weight is 194 g/mol. The molecule has 1 atom stereocenters. The zero-order valence-electron chi connectivity index (χ0n) is 9.65. The summed E-state index contributed by atoms with van der Waals surface area (Å²) in [6, 6.07) is 0. The Hall–Kier alpha value is -0.303. The van der Waals surface area contributed by atoms with Crippen LogP contribution in [0, 0.1) is 5.92 Å². The van der Waals surface area contributed by atoms with Crippen LogP contribution in [-0.2, 0) is 0 Å². The quantitative estimate of drug-likeness (QED) is 0.592. The Labute approximate surface area is 83.7 Å². The van der Waals surface area contributed by atoms with Crippen LogP contribution in [0.25, 0.3) is 0 Å². The van der Waals surface area contributed by atoms with E-state index in [-0.39, 0.29) is 0 Å². The molecule has 0 saturated heterocycles. The molecule has 0 N–H and O–H groups in total. The fraction of sp³-hybridized carbons (Fsp3) is 0.667. The van der Waals surface area contributed by atoms with Crippen molar-refractivity contribution >= 4 is 8.07 Å². The Morgan fingerprint density at radius 1 is 1.38 bits per heavy atom. The SMILES string of the molecule is CCC(C)C1=CC([Si](C)(C)C)=CC1. The van der Waals surface area contributed by atoms with Gasteiger partial charge in [-0.25, -0.2) is 0 Å². The minimum atomic E-state index is -1.04. The van der Waals surface area contributed by atoms with Crippen molar-refractivity contribution in [2.45, 2.75) is 46.3 Å². The average Bonchev–Trinajstić information content (AvgIpc) is 2.50. The van der Waals surface area contributed by atoms with Gasteiger partial charge in [-0.15, -0.1) is 0 Å². The summed E-state index contributed by atoms with van der Waals surface area (Å²) in [5.74, 6) is 0.782. The lowest BCUT2D eigenvalue weighted by molar-refractivity contribution is 0.646. The first-order valence-corrected chi connectivity index (χ1v) is 8.86. The van der Waals surface area contributed by atoms with Crippen LogP contribution in [0.5, 0.6) is 0 Å². The van der Waals surface area contributed by atoms with Crippen molar-refractivity contribution in [1.82, 2.24) is 0 Å². The van der Waals surface area contributed by atoms with Crippen molar-refractivity contribution in [1.29, 1.82) is 0 Å². The topological polar surface area (TPSA) is 0 Å². The lowest BCUT2D eigenvalue weighted by Gasteiger charge is -2.16. The maximum absolute atomic E-state index is 2.47. The minimum Gasteiger partial charge on any atom is -0.0812 e. The highest BCUT2D eigenvalue weighted by Crippen LogP contribution is 2.30. The van der Waals surface area contributed by atoms with Crippen LogP contribution in [0.4, 0.5) is 0 Å². The van der Waals surface area contributed by atoms with E-state index < -0.39 is 8.07 Å². The lowest BCUT2D eigenvalue weighted by atomic mass is 9.98. The molecular weight excluding hydrogens is 172 g/mol. The molecule has 0 nitrogen and oxygen atoms in total. The summed E-state index contributed by atoms with van der Waals surface area (Å²) in [6.07, 6.45) is 7.42. The second-order valence-electron chi connectivity index (χ2n) is 5.14. The zero-order valence-corrected chi connectivity index (χ0v) is 10.6. The molecule has 13 heavy (non-hydrogen) atoms. The highest BCUT2D eigenvalue weighted by Gasteiger charge is 2.22. The molecule has 1 rings (SSSR count). The van der Waals surface area contributed by atoms with E-state index in [2.05, 4.69) is 45.6 Å². The van der Waals surface area contributed by atoms with Crippen molar-refractivity contribution in [3.05, 3.63) is 22.9 Å². The largest absolute Gasteiger partial charge is 0.0812 e. The van der Waals surface area contributed by atoms with Crippen LogP contribution in [0.1, 0.15) is 26.7 Å². The Morgan fingerprint density at radius 2 is 2.00 bits per heavy atom. The van der Waals surface area contributed by atoms with E-state index >= 15 is 0 Å². The first-order chi connectivity index (χ1) is 5.95. The second-order valence-corrected chi connectivity index (χ2v) is 10.2. The molecule has 0 spiro atoms. The summed E-state index contributed by atoms with van der Waals surface area (Å²) in [6.45, 7) is 11.9. The van der Waals surface area contributed by atoms with Gasteiger partial charge in [0, 0.05) is 0 Å². The van der Waals surface area contributed by atoms with Gasteiger partial charge in [0.2, 0.25) is 0 Å². The molecule has 0 amide bonds. The number of rotatable bonds is 3. The summed E-state index contributed by atoms with van der Waals surface area (Å²) in [7, 11) is -1.04. The molecule has 1 unspecified atom stereocenters. The van der Waals surface area contributed by atoms with Gasteiger partial charge in [0.15, 0.2) is 0 Å². The molecule has 1 aliphatic rings. The first kappa shape index (κ1) is 10.8. The molecule has 0 saturated carbocycles. The maximum atomic E-state index is 2.47. The smallest absolute Gasteiger partial charge is 0.0771 e. The Kier molecular flexibility index (Phi) is 3.17. The predicted molar refractivity (Wildman–Crippen MR) is 63.6 cm³/mol. The fourth-order valence-corrected chi connectivity index (χ4v) is 3.01. The molecule has 1 aliphatic carbocycles. The van der Waals surface area contributed by atoms with Gasteiger partial charge in [-0.1, -0.05) is 56.4 Å². The molecule has 0 aromatic rings. The molecule has 1 heteroatoms. The van der Waals surface area contributed by atoms with E-state index in [1.165, 1.54) is 12.8 Å². The Morgan fingerprint density at radius 3 is 2.38 bits per heavy atom. The van der Waals surface area contributed by atoms with Crippen molar-refractivity contribution in [3.8, 4) is 0 Å². The first-order valence-electron chi connectivity index (χ1n) is 5.36. The molecule has 0 bridgehead atoms. The van der Waals surface area contributed by atoms with Gasteiger partial charge < -0.3 is 0 Å². The Balaban J connectivity index is 2.71. The van der Waals surface area contributed by atoms with Crippen molar-refractivity contribution in [3.63, 3.8) is 0 Å². The van der Waals surface area contributed by atoms with Gasteiger partial charge in [-0.05, 0) is 18.8 Å². The van der Waals surface area contributed by atoms with E-state index in [1.807, 2.05) is 0 Å². The maximum Gasteiger partial charge on any atom is 0.0771 e. The summed E-state index contributed by atoms with van der Waals surface area (Å²) < 4.78 is 0. The van der Waals surface area contributed by atoms with Crippen molar-refractivity contribution in [2.24, 2.45) is 5.92 Å². The van der Waals surface area contributed by atoms with Crippen LogP contribution in [-0.4, -0.2) is 8.07 Å². The van der Waals surface area contributed by atoms with Gasteiger partial charge in [-0.2, -0.15) is 0 Å². The Bertz CT molecular complexity index is 240. The normalized spacial score (nSPS) is 19.8. The molecule has 74 valence electrons. The van der Waals surface area contributed by atoms with Gasteiger partial charge in [0.05, 0.1) is 8.07 Å². The zero-order chi connectivity index (χ0) is 10.1. The third kappa shape index (κ3) is 2.57. The summed E-state index contributed by atoms with van der Waals surface area (Å²) in [5.41, 5.74) is 1.65. The molecular formula is C12H22Si. The number of hydrogen-bond donors (Lipinski definition) is 0. The standard InChI is InChI=1S/C12H22Si/c1-6-10(2)11-7-8-12(9-11)13(3,4)5/h8-10H,6-7H2,1-5H3. The van der Waals surface area contributed by atoms with Crippen LogP contribution < -0.4 is 0 Å². The molecule has 0 radical (unpaired) electrons. The molecule has 0 aromatic heterocycles. The molecule has 0 heterocycles. The molecule has 0 aromatic carbocycles. The van der Waals surface area contributed by atoms with Crippen LogP contribution in [0.3, 0.4) is 0 Å². The molecule has 0 aliphatic heterocycles. The highest BCUT2D eigenvalue weighted by atomic mass is 28.3. The van der Waals surface area contributed by atoms with E-state index in [0.29, 0.717) is 0 Å². The molecule has 0 fully saturated rings. The van der Waals surface area contributed by atoms with E-state index in [0.717, 1.165) is 5.92 Å². The number of hydrogen-bond acceptors (Lipinski definition) is 0. The van der Waals surface area contributed by atoms with E-state index in [1.54, 1.807) is 10.8 Å².